The number of H-pyrrole nitrogens is 1. The van der Waals surface area contributed by atoms with Gasteiger partial charge < -0.3 is 19.4 Å². The summed E-state index contributed by atoms with van der Waals surface area (Å²) in [7, 11) is 0. The van der Waals surface area contributed by atoms with Gasteiger partial charge in [0.15, 0.2) is 0 Å². The van der Waals surface area contributed by atoms with Crippen LogP contribution in [0.15, 0.2) is 36.7 Å². The van der Waals surface area contributed by atoms with E-state index in [0.29, 0.717) is 37.1 Å². The Labute approximate surface area is 190 Å². The Morgan fingerprint density at radius 3 is 2.59 bits per heavy atom. The van der Waals surface area contributed by atoms with Gasteiger partial charge in [-0.25, -0.2) is 18.7 Å². The molecule has 0 bridgehead atoms. The van der Waals surface area contributed by atoms with Gasteiger partial charge in [0.2, 0.25) is 0 Å². The first-order valence-corrected chi connectivity index (χ1v) is 10.6. The van der Waals surface area contributed by atoms with E-state index < -0.39 is 23.5 Å². The normalized spacial score (nSPS) is 16.9. The Bertz CT molecular complexity index is 1330. The van der Waals surface area contributed by atoms with Gasteiger partial charge >= 0.3 is 6.18 Å². The molecule has 0 unspecified atom stereocenters. The average molecular weight is 477 g/mol. The third-order valence-corrected chi connectivity index (χ3v) is 5.74. The van der Waals surface area contributed by atoms with Crippen LogP contribution in [0.3, 0.4) is 0 Å². The number of fused-ring (bicyclic) bond motifs is 1. The van der Waals surface area contributed by atoms with Crippen molar-refractivity contribution in [2.75, 3.05) is 19.7 Å². The molecule has 178 valence electrons. The second kappa shape index (κ2) is 8.48. The molecule has 0 aliphatic carbocycles. The summed E-state index contributed by atoms with van der Waals surface area (Å²) in [6, 6.07) is 5.58. The highest BCUT2D eigenvalue weighted by Gasteiger charge is 2.33. The van der Waals surface area contributed by atoms with E-state index >= 15 is 8.78 Å². The second-order valence-corrected chi connectivity index (χ2v) is 8.20. The van der Waals surface area contributed by atoms with Crippen molar-refractivity contribution in [2.24, 2.45) is 0 Å². The fraction of sp³-hybridized carbons (Fsp3) is 0.304. The van der Waals surface area contributed by atoms with E-state index in [9.17, 15) is 13.2 Å². The van der Waals surface area contributed by atoms with E-state index in [1.165, 1.54) is 0 Å². The number of aromatic nitrogens is 4. The summed E-state index contributed by atoms with van der Waals surface area (Å²) in [5.74, 6) is -2.20. The van der Waals surface area contributed by atoms with Gasteiger partial charge in [-0.2, -0.15) is 13.2 Å². The Morgan fingerprint density at radius 1 is 1.18 bits per heavy atom. The Balaban J connectivity index is 1.60. The minimum atomic E-state index is -4.65. The van der Waals surface area contributed by atoms with Crippen LogP contribution >= 0.6 is 0 Å². The molecule has 1 fully saturated rings. The van der Waals surface area contributed by atoms with E-state index in [4.69, 9.17) is 4.74 Å². The molecule has 1 aliphatic heterocycles. The Kier molecular flexibility index (Phi) is 5.61. The van der Waals surface area contributed by atoms with Crippen LogP contribution in [-0.2, 0) is 17.3 Å². The van der Waals surface area contributed by atoms with Crippen LogP contribution in [0.5, 0.6) is 0 Å². The Hall–Kier alpha value is -3.31. The van der Waals surface area contributed by atoms with Crippen LogP contribution in [-0.4, -0.2) is 45.2 Å². The minimum absolute atomic E-state index is 0.122. The molecule has 6 nitrogen and oxygen atoms in total. The maximum absolute atomic E-state index is 15.3. The molecule has 4 aromatic rings. The largest absolute Gasteiger partial charge is 0.432 e. The zero-order valence-corrected chi connectivity index (χ0v) is 18.0. The number of halogens is 5. The summed E-state index contributed by atoms with van der Waals surface area (Å²) in [6.45, 7) is 3.72. The summed E-state index contributed by atoms with van der Waals surface area (Å²) in [5.41, 5.74) is 0.551. The molecule has 0 spiro atoms. The summed E-state index contributed by atoms with van der Waals surface area (Å²) in [5, 5.41) is 3.23. The van der Waals surface area contributed by atoms with Gasteiger partial charge in [0, 0.05) is 31.3 Å². The molecule has 0 amide bonds. The highest BCUT2D eigenvalue weighted by Crippen LogP contribution is 2.35. The number of pyridine rings is 1. The number of rotatable bonds is 4. The second-order valence-electron chi connectivity index (χ2n) is 8.20. The third kappa shape index (κ3) is 4.16. The van der Waals surface area contributed by atoms with Crippen LogP contribution in [0.25, 0.3) is 28.3 Å². The van der Waals surface area contributed by atoms with Gasteiger partial charge in [0.05, 0.1) is 35.9 Å². The van der Waals surface area contributed by atoms with Gasteiger partial charge in [-0.15, -0.1) is 0 Å². The predicted molar refractivity (Wildman–Crippen MR) is 114 cm³/mol. The number of ether oxygens (including phenoxy) is 1. The molecular formula is C23H20F5N5O. The lowest BCUT2D eigenvalue weighted by Crippen LogP contribution is -2.39. The SMILES string of the molecule is Cc1ccn2c(C[C@H]3CNCCO3)c(-c3c(F)cc(-c4ncc(C(F)(F)F)[nH]4)cc3F)nc2c1. The van der Waals surface area contributed by atoms with Crippen LogP contribution in [0, 0.1) is 18.6 Å². The number of benzene rings is 1. The molecular weight excluding hydrogens is 457 g/mol. The van der Waals surface area contributed by atoms with Gasteiger partial charge in [0.25, 0.3) is 0 Å². The highest BCUT2D eigenvalue weighted by molar-refractivity contribution is 5.71. The van der Waals surface area contributed by atoms with Crippen molar-refractivity contribution in [1.29, 1.82) is 0 Å². The van der Waals surface area contributed by atoms with Crippen molar-refractivity contribution in [1.82, 2.24) is 24.7 Å². The quantitative estimate of drug-likeness (QED) is 0.424. The summed E-state index contributed by atoms with van der Waals surface area (Å²) < 4.78 is 76.8. The summed E-state index contributed by atoms with van der Waals surface area (Å²) in [4.78, 5) is 10.2. The zero-order valence-electron chi connectivity index (χ0n) is 18.0. The van der Waals surface area contributed by atoms with Crippen molar-refractivity contribution >= 4 is 5.65 Å². The molecule has 1 aliphatic rings. The number of nitrogens with one attached hydrogen (secondary N) is 2. The standard InChI is InChI=1S/C23H20F5N5O/c1-12-2-4-33-17(9-14-10-29-3-5-34-14)21(32-19(33)6-12)20-15(24)7-13(8-16(20)25)22-30-11-18(31-22)23(26,27)28/h2,4,6-8,11,14,29H,3,5,9-10H2,1H3,(H,30,31)/t14-/m0/s1. The number of hydrogen-bond donors (Lipinski definition) is 2. The van der Waals surface area contributed by atoms with Crippen LogP contribution in [0.1, 0.15) is 17.0 Å². The fourth-order valence-corrected chi connectivity index (χ4v) is 4.11. The number of alkyl halides is 3. The maximum Gasteiger partial charge on any atom is 0.432 e. The summed E-state index contributed by atoms with van der Waals surface area (Å²) in [6.07, 6.45) is -2.12. The first-order chi connectivity index (χ1) is 16.2. The Morgan fingerprint density at radius 2 is 1.94 bits per heavy atom. The molecule has 0 radical (unpaired) electrons. The van der Waals surface area contributed by atoms with Crippen LogP contribution < -0.4 is 5.32 Å². The number of hydrogen-bond acceptors (Lipinski definition) is 4. The monoisotopic (exact) mass is 477 g/mol. The molecule has 0 saturated carbocycles. The minimum Gasteiger partial charge on any atom is -0.375 e. The van der Waals surface area contributed by atoms with Crippen molar-refractivity contribution in [3.63, 3.8) is 0 Å². The van der Waals surface area contributed by atoms with E-state index in [1.807, 2.05) is 13.0 Å². The molecule has 1 atom stereocenters. The van der Waals surface area contributed by atoms with Crippen LogP contribution in [0.4, 0.5) is 22.0 Å². The maximum atomic E-state index is 15.3. The molecule has 3 aromatic heterocycles. The van der Waals surface area contributed by atoms with Gasteiger partial charge in [-0.1, -0.05) is 0 Å². The average Bonchev–Trinajstić information content (AvgIpc) is 3.40. The number of nitrogens with zero attached hydrogens (tertiary/aromatic N) is 3. The fourth-order valence-electron chi connectivity index (χ4n) is 4.11. The highest BCUT2D eigenvalue weighted by atomic mass is 19.4. The van der Waals surface area contributed by atoms with E-state index in [-0.39, 0.29) is 28.7 Å². The lowest BCUT2D eigenvalue weighted by Gasteiger charge is -2.24. The van der Waals surface area contributed by atoms with E-state index in [1.54, 1.807) is 16.7 Å². The van der Waals surface area contributed by atoms with Crippen molar-refractivity contribution in [3.05, 3.63) is 65.2 Å². The molecule has 34 heavy (non-hydrogen) atoms. The topological polar surface area (TPSA) is 67.2 Å². The number of aryl methyl sites for hydroxylation is 1. The molecule has 5 rings (SSSR count). The predicted octanol–water partition coefficient (Wildman–Crippen LogP) is 4.53. The third-order valence-electron chi connectivity index (χ3n) is 5.74. The van der Waals surface area contributed by atoms with Gasteiger partial charge in [-0.05, 0) is 36.8 Å². The molecule has 11 heteroatoms. The molecule has 2 N–H and O–H groups in total. The van der Waals surface area contributed by atoms with Crippen molar-refractivity contribution < 1.29 is 26.7 Å². The molecule has 1 saturated heterocycles. The first-order valence-electron chi connectivity index (χ1n) is 10.6. The number of morpholine rings is 1. The first kappa shape index (κ1) is 22.5. The van der Waals surface area contributed by atoms with E-state index in [2.05, 4.69) is 20.3 Å². The van der Waals surface area contributed by atoms with Crippen LogP contribution in [0.2, 0.25) is 0 Å². The van der Waals surface area contributed by atoms with Crippen molar-refractivity contribution in [3.8, 4) is 22.6 Å². The number of aromatic amines is 1. The zero-order chi connectivity index (χ0) is 24.0. The molecule has 4 heterocycles. The van der Waals surface area contributed by atoms with Gasteiger partial charge in [-0.3, -0.25) is 0 Å². The lowest BCUT2D eigenvalue weighted by molar-refractivity contribution is -0.140. The van der Waals surface area contributed by atoms with Crippen molar-refractivity contribution in [2.45, 2.75) is 25.6 Å². The van der Waals surface area contributed by atoms with E-state index in [0.717, 1.165) is 24.2 Å². The number of imidazole rings is 2. The molecule has 1 aromatic carbocycles. The van der Waals surface area contributed by atoms with Gasteiger partial charge in [0.1, 0.15) is 28.8 Å². The lowest BCUT2D eigenvalue weighted by atomic mass is 10.0. The summed E-state index contributed by atoms with van der Waals surface area (Å²) >= 11 is 0. The smallest absolute Gasteiger partial charge is 0.375 e.